The molecule has 0 bridgehead atoms. The van der Waals surface area contributed by atoms with E-state index in [4.69, 9.17) is 0 Å². The number of amides is 1. The SMILES string of the molecule is C[C@@H]1CCc2sc(C(=O)N/N=C\c3ccc(OC(F)F)cc3)cc2C1. The third kappa shape index (κ3) is 4.63. The fraction of sp³-hybridized carbons (Fsp3) is 0.333. The first-order chi connectivity index (χ1) is 12.0. The van der Waals surface area contributed by atoms with E-state index in [0.29, 0.717) is 16.4 Å². The Kier molecular flexibility index (Phi) is 5.43. The Hall–Kier alpha value is -2.28. The van der Waals surface area contributed by atoms with Crippen LogP contribution in [0.5, 0.6) is 5.75 Å². The van der Waals surface area contributed by atoms with Crippen LogP contribution in [-0.4, -0.2) is 18.7 Å². The van der Waals surface area contributed by atoms with E-state index < -0.39 is 6.61 Å². The molecule has 1 aliphatic rings. The lowest BCUT2D eigenvalue weighted by Gasteiger charge is -2.16. The first-order valence-corrected chi connectivity index (χ1v) is 8.83. The van der Waals surface area contributed by atoms with Crippen molar-refractivity contribution in [2.24, 2.45) is 11.0 Å². The molecule has 1 N–H and O–H groups in total. The second kappa shape index (κ2) is 7.74. The van der Waals surface area contributed by atoms with Crippen molar-refractivity contribution in [3.8, 4) is 5.75 Å². The second-order valence-corrected chi connectivity index (χ2v) is 7.19. The van der Waals surface area contributed by atoms with Gasteiger partial charge >= 0.3 is 6.61 Å². The van der Waals surface area contributed by atoms with Gasteiger partial charge in [-0.2, -0.15) is 13.9 Å². The maximum atomic E-state index is 12.2. The van der Waals surface area contributed by atoms with Crippen LogP contribution in [0.2, 0.25) is 0 Å². The number of rotatable bonds is 5. The van der Waals surface area contributed by atoms with Gasteiger partial charge in [-0.3, -0.25) is 4.79 Å². The van der Waals surface area contributed by atoms with E-state index in [1.165, 1.54) is 40.1 Å². The molecule has 0 spiro atoms. The number of carbonyl (C=O) groups excluding carboxylic acids is 1. The Balaban J connectivity index is 1.57. The monoisotopic (exact) mass is 364 g/mol. The number of alkyl halides is 2. The van der Waals surface area contributed by atoms with Crippen molar-refractivity contribution >= 4 is 23.5 Å². The molecule has 0 saturated heterocycles. The summed E-state index contributed by atoms with van der Waals surface area (Å²) in [7, 11) is 0. The van der Waals surface area contributed by atoms with Crippen LogP contribution >= 0.6 is 11.3 Å². The molecule has 7 heteroatoms. The molecule has 25 heavy (non-hydrogen) atoms. The number of benzene rings is 1. The summed E-state index contributed by atoms with van der Waals surface area (Å²) >= 11 is 1.53. The van der Waals surface area contributed by atoms with Crippen LogP contribution in [0.4, 0.5) is 8.78 Å². The van der Waals surface area contributed by atoms with Gasteiger partial charge in [0.15, 0.2) is 0 Å². The zero-order chi connectivity index (χ0) is 17.8. The minimum absolute atomic E-state index is 0.0783. The lowest BCUT2D eigenvalue weighted by atomic mass is 9.90. The van der Waals surface area contributed by atoms with Crippen LogP contribution in [0.1, 0.15) is 39.0 Å². The lowest BCUT2D eigenvalue weighted by molar-refractivity contribution is -0.0498. The fourth-order valence-electron chi connectivity index (χ4n) is 2.77. The van der Waals surface area contributed by atoms with Crippen molar-refractivity contribution in [1.82, 2.24) is 5.43 Å². The summed E-state index contributed by atoms with van der Waals surface area (Å²) in [6, 6.07) is 7.96. The molecule has 1 aromatic heterocycles. The summed E-state index contributed by atoms with van der Waals surface area (Å²) in [5.74, 6) is 0.503. The van der Waals surface area contributed by atoms with Crippen molar-refractivity contribution in [1.29, 1.82) is 0 Å². The smallest absolute Gasteiger partial charge is 0.387 e. The van der Waals surface area contributed by atoms with E-state index in [2.05, 4.69) is 22.2 Å². The highest BCUT2D eigenvalue weighted by Gasteiger charge is 2.20. The van der Waals surface area contributed by atoms with Gasteiger partial charge < -0.3 is 4.74 Å². The highest BCUT2D eigenvalue weighted by atomic mass is 32.1. The van der Waals surface area contributed by atoms with Gasteiger partial charge in [-0.05, 0) is 66.6 Å². The zero-order valence-corrected chi connectivity index (χ0v) is 14.5. The van der Waals surface area contributed by atoms with Gasteiger partial charge in [0.2, 0.25) is 0 Å². The average Bonchev–Trinajstić information content (AvgIpc) is 2.99. The molecule has 0 saturated carbocycles. The molecular formula is C18H18F2N2O2S. The van der Waals surface area contributed by atoms with Gasteiger partial charge in [-0.15, -0.1) is 11.3 Å². The van der Waals surface area contributed by atoms with E-state index in [1.807, 2.05) is 6.07 Å². The Morgan fingerprint density at radius 1 is 1.40 bits per heavy atom. The lowest BCUT2D eigenvalue weighted by Crippen LogP contribution is -2.16. The number of halogens is 2. The van der Waals surface area contributed by atoms with Crippen LogP contribution in [-0.2, 0) is 12.8 Å². The number of fused-ring (bicyclic) bond motifs is 1. The molecule has 1 atom stereocenters. The first kappa shape index (κ1) is 17.5. The average molecular weight is 364 g/mol. The van der Waals surface area contributed by atoms with Crippen LogP contribution in [0.25, 0.3) is 0 Å². The summed E-state index contributed by atoms with van der Waals surface area (Å²) in [5, 5.41) is 3.92. The second-order valence-electron chi connectivity index (χ2n) is 6.05. The van der Waals surface area contributed by atoms with Gasteiger partial charge in [0.1, 0.15) is 5.75 Å². The quantitative estimate of drug-likeness (QED) is 0.637. The van der Waals surface area contributed by atoms with Gasteiger partial charge in [0.25, 0.3) is 5.91 Å². The van der Waals surface area contributed by atoms with Crippen molar-refractivity contribution in [3.63, 3.8) is 0 Å². The third-order valence-electron chi connectivity index (χ3n) is 4.04. The Morgan fingerprint density at radius 3 is 2.88 bits per heavy atom. The Bertz CT molecular complexity index is 772. The molecule has 1 heterocycles. The molecular weight excluding hydrogens is 346 g/mol. The standard InChI is InChI=1S/C18H18F2N2O2S/c1-11-2-7-15-13(8-11)9-16(25-15)17(23)22-21-10-12-3-5-14(6-4-12)24-18(19)20/h3-6,9-11,18H,2,7-8H2,1H3,(H,22,23)/b21-10-/t11-/m1/s1. The normalized spacial score (nSPS) is 16.9. The van der Waals surface area contributed by atoms with E-state index in [1.54, 1.807) is 12.1 Å². The number of thiophene rings is 1. The summed E-state index contributed by atoms with van der Waals surface area (Å²) < 4.78 is 28.4. The largest absolute Gasteiger partial charge is 0.435 e. The highest BCUT2D eigenvalue weighted by Crippen LogP contribution is 2.32. The Morgan fingerprint density at radius 2 is 2.16 bits per heavy atom. The summed E-state index contributed by atoms with van der Waals surface area (Å²) in [5.41, 5.74) is 4.44. The summed E-state index contributed by atoms with van der Waals surface area (Å²) in [6.45, 7) is -0.624. The zero-order valence-electron chi connectivity index (χ0n) is 13.7. The number of aryl methyl sites for hydroxylation is 1. The fourth-order valence-corrected chi connectivity index (χ4v) is 3.87. The van der Waals surface area contributed by atoms with E-state index in [0.717, 1.165) is 19.3 Å². The van der Waals surface area contributed by atoms with E-state index >= 15 is 0 Å². The molecule has 1 aliphatic carbocycles. The molecule has 0 aliphatic heterocycles. The first-order valence-electron chi connectivity index (χ1n) is 8.01. The third-order valence-corrected chi connectivity index (χ3v) is 5.27. The molecule has 132 valence electrons. The minimum Gasteiger partial charge on any atom is -0.435 e. The van der Waals surface area contributed by atoms with Crippen molar-refractivity contribution in [3.05, 3.63) is 51.2 Å². The van der Waals surface area contributed by atoms with Crippen LogP contribution in [0, 0.1) is 5.92 Å². The maximum Gasteiger partial charge on any atom is 0.387 e. The Labute approximate surface area is 148 Å². The van der Waals surface area contributed by atoms with Crippen molar-refractivity contribution < 1.29 is 18.3 Å². The molecule has 0 radical (unpaired) electrons. The number of nitrogens with zero attached hydrogens (tertiary/aromatic N) is 1. The molecule has 0 fully saturated rings. The molecule has 1 amide bonds. The summed E-state index contributed by atoms with van der Waals surface area (Å²) in [4.78, 5) is 14.1. The number of ether oxygens (including phenoxy) is 1. The predicted octanol–water partition coefficient (Wildman–Crippen LogP) is 4.24. The number of hydrogen-bond donors (Lipinski definition) is 1. The highest BCUT2D eigenvalue weighted by molar-refractivity contribution is 7.14. The van der Waals surface area contributed by atoms with Crippen molar-refractivity contribution in [2.45, 2.75) is 32.8 Å². The van der Waals surface area contributed by atoms with Crippen LogP contribution in [0.3, 0.4) is 0 Å². The minimum atomic E-state index is -2.85. The number of nitrogens with one attached hydrogen (secondary N) is 1. The van der Waals surface area contributed by atoms with E-state index in [9.17, 15) is 13.6 Å². The van der Waals surface area contributed by atoms with E-state index in [-0.39, 0.29) is 11.7 Å². The molecule has 3 rings (SSSR count). The van der Waals surface area contributed by atoms with Gasteiger partial charge in [0, 0.05) is 4.88 Å². The molecule has 1 aromatic carbocycles. The number of hydrazone groups is 1. The van der Waals surface area contributed by atoms with Crippen LogP contribution < -0.4 is 10.2 Å². The van der Waals surface area contributed by atoms with Gasteiger partial charge in [0.05, 0.1) is 11.1 Å². The maximum absolute atomic E-state index is 12.2. The topological polar surface area (TPSA) is 50.7 Å². The number of carbonyl (C=O) groups is 1. The predicted molar refractivity (Wildman–Crippen MR) is 93.6 cm³/mol. The number of hydrogen-bond acceptors (Lipinski definition) is 4. The molecule has 0 unspecified atom stereocenters. The van der Waals surface area contributed by atoms with Crippen molar-refractivity contribution in [2.75, 3.05) is 0 Å². The molecule has 4 nitrogen and oxygen atoms in total. The summed E-state index contributed by atoms with van der Waals surface area (Å²) in [6.07, 6.45) is 4.68. The van der Waals surface area contributed by atoms with Crippen LogP contribution in [0.15, 0.2) is 35.4 Å². The van der Waals surface area contributed by atoms with Gasteiger partial charge in [-0.1, -0.05) is 6.92 Å². The van der Waals surface area contributed by atoms with Gasteiger partial charge in [-0.25, -0.2) is 5.43 Å². The molecule has 2 aromatic rings.